The third-order valence-corrected chi connectivity index (χ3v) is 11.3. The lowest BCUT2D eigenvalue weighted by molar-refractivity contribution is 0.584. The number of rotatable bonds is 7. The Bertz CT molecular complexity index is 2910. The van der Waals surface area contributed by atoms with Crippen molar-refractivity contribution in [1.29, 1.82) is 0 Å². The third-order valence-electron chi connectivity index (χ3n) is 10.1. The molecule has 3 nitrogen and oxygen atoms in total. The summed E-state index contributed by atoms with van der Waals surface area (Å²) in [6.07, 6.45) is 0. The lowest BCUT2D eigenvalue weighted by Gasteiger charge is -2.11. The molecule has 8 aromatic carbocycles. The quantitative estimate of drug-likeness (QED) is 0.165. The van der Waals surface area contributed by atoms with Gasteiger partial charge in [0.1, 0.15) is 0 Å². The first-order chi connectivity index (χ1) is 26.7. The smallest absolute Gasteiger partial charge is 0.248 e. The zero-order valence-electron chi connectivity index (χ0n) is 29.2. The van der Waals surface area contributed by atoms with E-state index < -0.39 is 0 Å². The van der Waals surface area contributed by atoms with E-state index in [0.717, 1.165) is 16.7 Å². The van der Waals surface area contributed by atoms with Crippen LogP contribution in [-0.4, -0.2) is 10.2 Å². The minimum absolute atomic E-state index is 0.503. The van der Waals surface area contributed by atoms with Crippen LogP contribution in [0.3, 0.4) is 0 Å². The predicted octanol–water partition coefficient (Wildman–Crippen LogP) is 14.1. The van der Waals surface area contributed by atoms with Crippen molar-refractivity contribution < 1.29 is 4.42 Å². The fraction of sp³-hybridized carbons (Fsp3) is 0. The number of hydrogen-bond acceptors (Lipinski definition) is 4. The van der Waals surface area contributed by atoms with Crippen molar-refractivity contribution in [3.8, 4) is 78.5 Å². The van der Waals surface area contributed by atoms with E-state index in [1.807, 2.05) is 41.7 Å². The molecule has 0 aliphatic rings. The SMILES string of the molecule is c1ccc(-c2cccc(-c3ccc4sc5c(-c6ccc(-c7nnc(-c8ccccc8)o7)cc6)cc(-c6cccc(-c7ccccc7)c6)cc5c4c3)c2)cc1. The van der Waals surface area contributed by atoms with Gasteiger partial charge in [-0.25, -0.2) is 0 Å². The monoisotopic (exact) mass is 708 g/mol. The number of thiophene rings is 1. The normalized spacial score (nSPS) is 11.3. The van der Waals surface area contributed by atoms with Crippen LogP contribution in [0.1, 0.15) is 0 Å². The largest absolute Gasteiger partial charge is 0.416 e. The Morgan fingerprint density at radius 2 is 0.741 bits per heavy atom. The molecule has 0 bridgehead atoms. The third kappa shape index (κ3) is 5.99. The van der Waals surface area contributed by atoms with Crippen molar-refractivity contribution in [2.45, 2.75) is 0 Å². The van der Waals surface area contributed by atoms with Gasteiger partial charge in [-0.05, 0) is 111 Å². The van der Waals surface area contributed by atoms with Crippen molar-refractivity contribution in [2.75, 3.05) is 0 Å². The van der Waals surface area contributed by atoms with Gasteiger partial charge in [0, 0.05) is 36.9 Å². The highest BCUT2D eigenvalue weighted by atomic mass is 32.1. The second-order valence-electron chi connectivity index (χ2n) is 13.5. The number of nitrogens with zero attached hydrogens (tertiary/aromatic N) is 2. The standard InChI is InChI=1S/C50H32N2OS/c1-4-12-33(13-5-1)38-18-10-20-40(28-38)42-26-27-47-45(30-42)46-32-43(41-21-11-19-39(29-41)34-14-6-2-7-15-34)31-44(48(46)54-47)35-22-24-37(25-23-35)50-52-51-49(53-50)36-16-8-3-9-17-36/h1-32H. The van der Waals surface area contributed by atoms with Crippen LogP contribution in [0.5, 0.6) is 0 Å². The number of benzene rings is 8. The lowest BCUT2D eigenvalue weighted by Crippen LogP contribution is -1.86. The van der Waals surface area contributed by atoms with Gasteiger partial charge < -0.3 is 4.42 Å². The summed E-state index contributed by atoms with van der Waals surface area (Å²) in [4.78, 5) is 0. The maximum atomic E-state index is 6.10. The van der Waals surface area contributed by atoms with Gasteiger partial charge in [-0.2, -0.15) is 0 Å². The first-order valence-corrected chi connectivity index (χ1v) is 18.9. The van der Waals surface area contributed by atoms with Crippen LogP contribution < -0.4 is 0 Å². The maximum absolute atomic E-state index is 6.10. The Morgan fingerprint density at radius 3 is 1.33 bits per heavy atom. The summed E-state index contributed by atoms with van der Waals surface area (Å²) in [6.45, 7) is 0. The molecule has 0 aliphatic heterocycles. The van der Waals surface area contributed by atoms with Gasteiger partial charge >= 0.3 is 0 Å². The second-order valence-corrected chi connectivity index (χ2v) is 14.5. The molecule has 54 heavy (non-hydrogen) atoms. The van der Waals surface area contributed by atoms with Crippen LogP contribution in [0, 0.1) is 0 Å². The predicted molar refractivity (Wildman–Crippen MR) is 225 cm³/mol. The first kappa shape index (κ1) is 31.8. The first-order valence-electron chi connectivity index (χ1n) is 18.1. The van der Waals surface area contributed by atoms with Gasteiger partial charge in [-0.3, -0.25) is 0 Å². The average molecular weight is 709 g/mol. The van der Waals surface area contributed by atoms with Crippen molar-refractivity contribution in [3.63, 3.8) is 0 Å². The molecule has 10 rings (SSSR count). The highest BCUT2D eigenvalue weighted by Gasteiger charge is 2.17. The van der Waals surface area contributed by atoms with Crippen LogP contribution in [0.2, 0.25) is 0 Å². The number of aromatic nitrogens is 2. The lowest BCUT2D eigenvalue weighted by atomic mass is 9.93. The Morgan fingerprint density at radius 1 is 0.315 bits per heavy atom. The van der Waals surface area contributed by atoms with Crippen LogP contribution in [0.4, 0.5) is 0 Å². The molecule has 0 spiro atoms. The molecule has 4 heteroatoms. The van der Waals surface area contributed by atoms with Gasteiger partial charge in [0.2, 0.25) is 11.8 Å². The molecule has 0 N–H and O–H groups in total. The fourth-order valence-electron chi connectivity index (χ4n) is 7.29. The topological polar surface area (TPSA) is 38.9 Å². The number of fused-ring (bicyclic) bond motifs is 3. The molecule has 0 amide bonds. The molecular formula is C50H32N2OS. The van der Waals surface area contributed by atoms with Crippen molar-refractivity contribution in [1.82, 2.24) is 10.2 Å². The van der Waals surface area contributed by atoms with Gasteiger partial charge in [0.15, 0.2) is 0 Å². The molecule has 0 fully saturated rings. The van der Waals surface area contributed by atoms with E-state index in [1.165, 1.54) is 70.2 Å². The number of hydrogen-bond donors (Lipinski definition) is 0. The molecule has 2 aromatic heterocycles. The van der Waals surface area contributed by atoms with E-state index in [-0.39, 0.29) is 0 Å². The van der Waals surface area contributed by atoms with E-state index in [0.29, 0.717) is 11.8 Å². The molecule has 10 aromatic rings. The maximum Gasteiger partial charge on any atom is 0.248 e. The zero-order chi connectivity index (χ0) is 35.8. The molecule has 254 valence electrons. The van der Waals surface area contributed by atoms with Crippen molar-refractivity contribution in [2.24, 2.45) is 0 Å². The van der Waals surface area contributed by atoms with Gasteiger partial charge in [-0.1, -0.05) is 133 Å². The van der Waals surface area contributed by atoms with E-state index in [4.69, 9.17) is 4.42 Å². The molecule has 2 heterocycles. The average Bonchev–Trinajstić information content (AvgIpc) is 3.90. The summed E-state index contributed by atoms with van der Waals surface area (Å²) in [5.74, 6) is 1.01. The summed E-state index contributed by atoms with van der Waals surface area (Å²) in [5.41, 5.74) is 13.7. The minimum atomic E-state index is 0.503. The zero-order valence-corrected chi connectivity index (χ0v) is 30.0. The van der Waals surface area contributed by atoms with Crippen LogP contribution in [0.15, 0.2) is 199 Å². The Hall–Kier alpha value is -6.88. The van der Waals surface area contributed by atoms with Crippen molar-refractivity contribution in [3.05, 3.63) is 194 Å². The minimum Gasteiger partial charge on any atom is -0.416 e. The fourth-order valence-corrected chi connectivity index (χ4v) is 8.49. The van der Waals surface area contributed by atoms with E-state index >= 15 is 0 Å². The van der Waals surface area contributed by atoms with Crippen molar-refractivity contribution >= 4 is 31.5 Å². The highest BCUT2D eigenvalue weighted by molar-refractivity contribution is 7.26. The summed E-state index contributed by atoms with van der Waals surface area (Å²) in [6, 6.07) is 68.9. The molecular weight excluding hydrogens is 677 g/mol. The van der Waals surface area contributed by atoms with Crippen LogP contribution in [-0.2, 0) is 0 Å². The molecule has 0 saturated carbocycles. The van der Waals surface area contributed by atoms with E-state index in [1.54, 1.807) is 0 Å². The van der Waals surface area contributed by atoms with Gasteiger partial charge in [0.05, 0.1) is 0 Å². The summed E-state index contributed by atoms with van der Waals surface area (Å²) >= 11 is 1.85. The van der Waals surface area contributed by atoms with Gasteiger partial charge in [-0.15, -0.1) is 21.5 Å². The molecule has 0 aliphatic carbocycles. The second kappa shape index (κ2) is 13.6. The Kier molecular flexibility index (Phi) is 8.01. The summed E-state index contributed by atoms with van der Waals surface area (Å²) in [5, 5.41) is 11.2. The molecule has 0 atom stereocenters. The summed E-state index contributed by atoms with van der Waals surface area (Å²) < 4.78 is 8.62. The molecule has 0 saturated heterocycles. The highest BCUT2D eigenvalue weighted by Crippen LogP contribution is 2.44. The van der Waals surface area contributed by atoms with Crippen LogP contribution >= 0.6 is 11.3 Å². The molecule has 0 unspecified atom stereocenters. The molecule has 0 radical (unpaired) electrons. The van der Waals surface area contributed by atoms with E-state index in [2.05, 4.69) is 174 Å². The Balaban J connectivity index is 1.11. The van der Waals surface area contributed by atoms with Gasteiger partial charge in [0.25, 0.3) is 0 Å². The van der Waals surface area contributed by atoms with Crippen LogP contribution in [0.25, 0.3) is 98.7 Å². The Labute approximate surface area is 317 Å². The summed E-state index contributed by atoms with van der Waals surface area (Å²) in [7, 11) is 0. The van der Waals surface area contributed by atoms with E-state index in [9.17, 15) is 0 Å².